The maximum atomic E-state index is 11.9. The van der Waals surface area contributed by atoms with Crippen LogP contribution in [-0.4, -0.2) is 43.4 Å². The topological polar surface area (TPSA) is 75.7 Å². The van der Waals surface area contributed by atoms with Gasteiger partial charge < -0.3 is 15.0 Å². The molecule has 2 rings (SSSR count). The molecule has 140 valence electrons. The predicted octanol–water partition coefficient (Wildman–Crippen LogP) is 2.89. The molecule has 0 saturated carbocycles. The Morgan fingerprint density at radius 2 is 1.63 bits per heavy atom. The lowest BCUT2D eigenvalue weighted by atomic mass is 10.1. The molecule has 0 atom stereocenters. The van der Waals surface area contributed by atoms with Crippen molar-refractivity contribution >= 4 is 29.5 Å². The Bertz CT molecular complexity index is 837. The van der Waals surface area contributed by atoms with Crippen molar-refractivity contribution in [2.45, 2.75) is 6.92 Å². The Balaban J connectivity index is 1.80. The fourth-order valence-electron chi connectivity index (χ4n) is 2.18. The first-order valence-corrected chi connectivity index (χ1v) is 8.38. The van der Waals surface area contributed by atoms with Crippen molar-refractivity contribution in [2.75, 3.05) is 26.0 Å². The van der Waals surface area contributed by atoms with Gasteiger partial charge in [-0.2, -0.15) is 0 Å². The Morgan fingerprint density at radius 1 is 1.00 bits per heavy atom. The van der Waals surface area contributed by atoms with Crippen LogP contribution in [0.1, 0.15) is 21.5 Å². The van der Waals surface area contributed by atoms with Gasteiger partial charge in [0.2, 0.25) is 0 Å². The van der Waals surface area contributed by atoms with Gasteiger partial charge in [-0.15, -0.1) is 0 Å². The molecule has 1 N–H and O–H groups in total. The minimum Gasteiger partial charge on any atom is -0.452 e. The van der Waals surface area contributed by atoms with Gasteiger partial charge in [0.1, 0.15) is 0 Å². The number of amides is 2. The number of ether oxygens (including phenoxy) is 1. The van der Waals surface area contributed by atoms with Gasteiger partial charge in [0.05, 0.1) is 0 Å². The minimum atomic E-state index is -0.599. The third-order valence-electron chi connectivity index (χ3n) is 3.66. The number of hydrogen-bond donors (Lipinski definition) is 1. The van der Waals surface area contributed by atoms with Gasteiger partial charge in [0.25, 0.3) is 11.8 Å². The largest absolute Gasteiger partial charge is 0.452 e. The lowest BCUT2D eigenvalue weighted by Crippen LogP contribution is -2.22. The van der Waals surface area contributed by atoms with Crippen molar-refractivity contribution in [3.63, 3.8) is 0 Å². The van der Waals surface area contributed by atoms with Crippen molar-refractivity contribution < 1.29 is 19.1 Å². The van der Waals surface area contributed by atoms with E-state index >= 15 is 0 Å². The van der Waals surface area contributed by atoms with Crippen molar-refractivity contribution in [1.82, 2.24) is 4.90 Å². The van der Waals surface area contributed by atoms with E-state index in [1.165, 1.54) is 11.0 Å². The molecule has 0 heterocycles. The molecular formula is C21H22N2O4. The molecule has 0 aromatic heterocycles. The summed E-state index contributed by atoms with van der Waals surface area (Å²) in [5, 5.41) is 2.61. The van der Waals surface area contributed by atoms with E-state index in [1.54, 1.807) is 44.4 Å². The number of aryl methyl sites for hydroxylation is 1. The molecule has 0 fully saturated rings. The summed E-state index contributed by atoms with van der Waals surface area (Å²) in [7, 11) is 3.33. The Labute approximate surface area is 158 Å². The summed E-state index contributed by atoms with van der Waals surface area (Å²) in [6.07, 6.45) is 2.90. The normalized spacial score (nSPS) is 10.5. The summed E-state index contributed by atoms with van der Waals surface area (Å²) in [5.41, 5.74) is 3.03. The van der Waals surface area contributed by atoms with Gasteiger partial charge in [-0.1, -0.05) is 29.8 Å². The fraction of sp³-hybridized carbons (Fsp3) is 0.190. The van der Waals surface area contributed by atoms with E-state index in [0.29, 0.717) is 11.3 Å². The Kier molecular flexibility index (Phi) is 6.88. The van der Waals surface area contributed by atoms with Crippen LogP contribution >= 0.6 is 0 Å². The van der Waals surface area contributed by atoms with Gasteiger partial charge >= 0.3 is 5.97 Å². The highest BCUT2D eigenvalue weighted by atomic mass is 16.5. The fourth-order valence-corrected chi connectivity index (χ4v) is 2.18. The average Bonchev–Trinajstić information content (AvgIpc) is 2.66. The van der Waals surface area contributed by atoms with Crippen LogP contribution in [0.15, 0.2) is 54.6 Å². The first-order valence-electron chi connectivity index (χ1n) is 8.38. The number of nitrogens with zero attached hydrogens (tertiary/aromatic N) is 1. The zero-order valence-electron chi connectivity index (χ0n) is 15.6. The third kappa shape index (κ3) is 6.43. The third-order valence-corrected chi connectivity index (χ3v) is 3.66. The standard InChI is InChI=1S/C21H22N2O4/c1-15-4-6-16(7-5-15)8-13-20(25)27-14-19(24)22-18-11-9-17(10-12-18)21(26)23(2)3/h4-13H,14H2,1-3H3,(H,22,24)/b13-8+. The smallest absolute Gasteiger partial charge is 0.331 e. The number of carbonyl (C=O) groups excluding carboxylic acids is 3. The molecule has 2 amide bonds. The predicted molar refractivity (Wildman–Crippen MR) is 104 cm³/mol. The molecule has 0 spiro atoms. The van der Waals surface area contributed by atoms with Crippen LogP contribution in [0.25, 0.3) is 6.08 Å². The van der Waals surface area contributed by atoms with Crippen molar-refractivity contribution in [2.24, 2.45) is 0 Å². The quantitative estimate of drug-likeness (QED) is 0.630. The molecule has 0 unspecified atom stereocenters. The highest BCUT2D eigenvalue weighted by Crippen LogP contribution is 2.11. The summed E-state index contributed by atoms with van der Waals surface area (Å²) in [4.78, 5) is 36.8. The van der Waals surface area contributed by atoms with Crippen LogP contribution in [0.5, 0.6) is 0 Å². The van der Waals surface area contributed by atoms with E-state index < -0.39 is 18.5 Å². The van der Waals surface area contributed by atoms with E-state index in [9.17, 15) is 14.4 Å². The monoisotopic (exact) mass is 366 g/mol. The van der Waals surface area contributed by atoms with Crippen LogP contribution in [0.4, 0.5) is 5.69 Å². The molecule has 0 aliphatic carbocycles. The van der Waals surface area contributed by atoms with E-state index in [1.807, 2.05) is 31.2 Å². The van der Waals surface area contributed by atoms with E-state index in [4.69, 9.17) is 4.74 Å². The molecule has 2 aromatic rings. The van der Waals surface area contributed by atoms with Gasteiger partial charge in [-0.25, -0.2) is 4.79 Å². The highest BCUT2D eigenvalue weighted by molar-refractivity contribution is 5.96. The van der Waals surface area contributed by atoms with Gasteiger partial charge in [-0.3, -0.25) is 9.59 Å². The number of carbonyl (C=O) groups is 3. The SMILES string of the molecule is Cc1ccc(/C=C/C(=O)OCC(=O)Nc2ccc(C(=O)N(C)C)cc2)cc1. The van der Waals surface area contributed by atoms with Gasteiger partial charge in [0, 0.05) is 31.4 Å². The van der Waals surface area contributed by atoms with Crippen molar-refractivity contribution in [3.8, 4) is 0 Å². The van der Waals surface area contributed by atoms with Crippen LogP contribution in [-0.2, 0) is 14.3 Å². The summed E-state index contributed by atoms with van der Waals surface area (Å²) >= 11 is 0. The second-order valence-electron chi connectivity index (χ2n) is 6.18. The summed E-state index contributed by atoms with van der Waals surface area (Å²) in [6, 6.07) is 14.1. The lowest BCUT2D eigenvalue weighted by molar-refractivity contribution is -0.142. The Hall–Kier alpha value is -3.41. The molecule has 27 heavy (non-hydrogen) atoms. The molecule has 0 saturated heterocycles. The minimum absolute atomic E-state index is 0.123. The molecule has 6 heteroatoms. The van der Waals surface area contributed by atoms with Gasteiger partial charge in [0.15, 0.2) is 6.61 Å². The maximum Gasteiger partial charge on any atom is 0.331 e. The molecular weight excluding hydrogens is 344 g/mol. The number of anilines is 1. The van der Waals surface area contributed by atoms with Crippen LogP contribution < -0.4 is 5.32 Å². The second-order valence-corrected chi connectivity index (χ2v) is 6.18. The first kappa shape index (κ1) is 19.9. The average molecular weight is 366 g/mol. The Morgan fingerprint density at radius 3 is 2.22 bits per heavy atom. The molecule has 0 aliphatic rings. The molecule has 6 nitrogen and oxygen atoms in total. The molecule has 0 aliphatic heterocycles. The molecule has 0 radical (unpaired) electrons. The summed E-state index contributed by atoms with van der Waals surface area (Å²) < 4.78 is 4.92. The number of nitrogens with one attached hydrogen (secondary N) is 1. The van der Waals surface area contributed by atoms with Crippen molar-refractivity contribution in [1.29, 1.82) is 0 Å². The van der Waals surface area contributed by atoms with Crippen LogP contribution in [0.3, 0.4) is 0 Å². The maximum absolute atomic E-state index is 11.9. The van der Waals surface area contributed by atoms with Gasteiger partial charge in [-0.05, 0) is 42.8 Å². The zero-order valence-corrected chi connectivity index (χ0v) is 15.6. The number of hydrogen-bond acceptors (Lipinski definition) is 4. The van der Waals surface area contributed by atoms with E-state index in [-0.39, 0.29) is 5.91 Å². The van der Waals surface area contributed by atoms with Crippen molar-refractivity contribution in [3.05, 3.63) is 71.3 Å². The molecule has 2 aromatic carbocycles. The van der Waals surface area contributed by atoms with Crippen LogP contribution in [0.2, 0.25) is 0 Å². The van der Waals surface area contributed by atoms with E-state index in [2.05, 4.69) is 5.32 Å². The number of esters is 1. The van der Waals surface area contributed by atoms with E-state index in [0.717, 1.165) is 11.1 Å². The molecule has 0 bridgehead atoms. The number of rotatable bonds is 6. The van der Waals surface area contributed by atoms with Crippen LogP contribution in [0, 0.1) is 6.92 Å². The second kappa shape index (κ2) is 9.33. The summed E-state index contributed by atoms with van der Waals surface area (Å²) in [6.45, 7) is 1.59. The number of benzene rings is 2. The summed E-state index contributed by atoms with van der Waals surface area (Å²) in [5.74, 6) is -1.18. The lowest BCUT2D eigenvalue weighted by Gasteiger charge is -2.11. The highest BCUT2D eigenvalue weighted by Gasteiger charge is 2.09. The first-order chi connectivity index (χ1) is 12.8. The zero-order chi connectivity index (χ0) is 19.8.